The number of nitrogens with two attached hydrogens (primary N) is 1. The number of aromatic nitrogens is 4. The van der Waals surface area contributed by atoms with Gasteiger partial charge in [0, 0.05) is 5.56 Å². The van der Waals surface area contributed by atoms with Crippen LogP contribution in [0.2, 0.25) is 0 Å². The van der Waals surface area contributed by atoms with E-state index in [1.807, 2.05) is 29.8 Å². The summed E-state index contributed by atoms with van der Waals surface area (Å²) < 4.78 is 7.36. The van der Waals surface area contributed by atoms with Gasteiger partial charge in [0.05, 0.1) is 18.3 Å². The van der Waals surface area contributed by atoms with E-state index in [0.717, 1.165) is 23.7 Å². The third-order valence-electron chi connectivity index (χ3n) is 3.85. The molecular weight excluding hydrogens is 266 g/mol. The molecule has 1 aliphatic rings. The maximum atomic E-state index is 6.03. The van der Waals surface area contributed by atoms with Crippen LogP contribution in [0.15, 0.2) is 18.2 Å². The summed E-state index contributed by atoms with van der Waals surface area (Å²) in [6, 6.07) is 6.00. The molecule has 1 unspecified atom stereocenters. The lowest BCUT2D eigenvalue weighted by Gasteiger charge is -2.13. The van der Waals surface area contributed by atoms with Gasteiger partial charge >= 0.3 is 0 Å². The summed E-state index contributed by atoms with van der Waals surface area (Å²) >= 11 is 0. The average molecular weight is 287 g/mol. The Morgan fingerprint density at radius 3 is 2.90 bits per heavy atom. The van der Waals surface area contributed by atoms with Gasteiger partial charge in [-0.15, -0.1) is 5.10 Å². The molecule has 6 heteroatoms. The monoisotopic (exact) mass is 287 g/mol. The zero-order valence-electron chi connectivity index (χ0n) is 12.5. The molecule has 21 heavy (non-hydrogen) atoms. The minimum Gasteiger partial charge on any atom is -0.492 e. The Bertz CT molecular complexity index is 620. The fourth-order valence-corrected chi connectivity index (χ4v) is 2.59. The van der Waals surface area contributed by atoms with Crippen molar-refractivity contribution in [3.8, 4) is 17.1 Å². The number of hydrogen-bond donors (Lipinski definition) is 1. The van der Waals surface area contributed by atoms with Gasteiger partial charge in [-0.3, -0.25) is 0 Å². The van der Waals surface area contributed by atoms with Crippen molar-refractivity contribution in [1.82, 2.24) is 20.2 Å². The molecular formula is C15H21N5O. The number of hydrogen-bond acceptors (Lipinski definition) is 5. The Morgan fingerprint density at radius 1 is 1.43 bits per heavy atom. The Morgan fingerprint density at radius 2 is 2.24 bits per heavy atom. The third kappa shape index (κ3) is 2.99. The molecule has 2 aromatic rings. The lowest BCUT2D eigenvalue weighted by atomic mass is 10.1. The molecule has 1 fully saturated rings. The molecule has 1 saturated carbocycles. The summed E-state index contributed by atoms with van der Waals surface area (Å²) in [5.41, 5.74) is 7.56. The Kier molecular flexibility index (Phi) is 3.77. The predicted molar refractivity (Wildman–Crippen MR) is 80.9 cm³/mol. The Labute approximate surface area is 124 Å². The third-order valence-corrected chi connectivity index (χ3v) is 3.85. The molecule has 3 rings (SSSR count). The first-order valence-corrected chi connectivity index (χ1v) is 7.49. The fraction of sp³-hybridized carbons (Fsp3) is 0.533. The normalized spacial score (nSPS) is 15.9. The van der Waals surface area contributed by atoms with Crippen molar-refractivity contribution in [1.29, 1.82) is 0 Å². The highest BCUT2D eigenvalue weighted by Crippen LogP contribution is 2.37. The molecule has 2 N–H and O–H groups in total. The molecule has 0 saturated heterocycles. The molecule has 0 spiro atoms. The number of ether oxygens (including phenoxy) is 1. The maximum absolute atomic E-state index is 6.03. The highest BCUT2D eigenvalue weighted by molar-refractivity contribution is 5.66. The molecule has 0 radical (unpaired) electrons. The number of tetrazole rings is 1. The number of benzene rings is 1. The molecule has 0 aliphatic heterocycles. The van der Waals surface area contributed by atoms with Crippen LogP contribution in [0.1, 0.15) is 39.2 Å². The van der Waals surface area contributed by atoms with Crippen LogP contribution in [-0.4, -0.2) is 26.8 Å². The van der Waals surface area contributed by atoms with Gasteiger partial charge in [-0.25, -0.2) is 4.68 Å². The van der Waals surface area contributed by atoms with Crippen LogP contribution >= 0.6 is 0 Å². The zero-order chi connectivity index (χ0) is 14.8. The van der Waals surface area contributed by atoms with Gasteiger partial charge in [0.1, 0.15) is 5.75 Å². The molecule has 0 bridgehead atoms. The van der Waals surface area contributed by atoms with E-state index in [9.17, 15) is 0 Å². The Balaban J connectivity index is 1.86. The second kappa shape index (κ2) is 5.71. The van der Waals surface area contributed by atoms with Crippen LogP contribution in [-0.2, 0) is 0 Å². The topological polar surface area (TPSA) is 78.9 Å². The number of nitrogens with zero attached hydrogens (tertiary/aromatic N) is 4. The van der Waals surface area contributed by atoms with Crippen LogP contribution in [0.3, 0.4) is 0 Å². The SMILES string of the molecule is CCOc1ccc(-c2nnnn2C(C)CC2CC2)cc1N. The fourth-order valence-electron chi connectivity index (χ4n) is 2.59. The quantitative estimate of drug-likeness (QED) is 0.826. The zero-order valence-corrected chi connectivity index (χ0v) is 12.5. The van der Waals surface area contributed by atoms with Crippen molar-refractivity contribution < 1.29 is 4.74 Å². The lowest BCUT2D eigenvalue weighted by molar-refractivity contribution is 0.342. The van der Waals surface area contributed by atoms with E-state index in [1.165, 1.54) is 12.8 Å². The molecule has 1 atom stereocenters. The van der Waals surface area contributed by atoms with E-state index >= 15 is 0 Å². The van der Waals surface area contributed by atoms with Crippen LogP contribution in [0, 0.1) is 5.92 Å². The lowest BCUT2D eigenvalue weighted by Crippen LogP contribution is -2.10. The van der Waals surface area contributed by atoms with Crippen LogP contribution in [0.5, 0.6) is 5.75 Å². The minimum absolute atomic E-state index is 0.301. The standard InChI is InChI=1S/C15H21N5O/c1-3-21-14-7-6-12(9-13(14)16)15-17-18-19-20(15)10(2)8-11-4-5-11/h6-7,9-11H,3-5,8,16H2,1-2H3. The van der Waals surface area contributed by atoms with Crippen molar-refractivity contribution >= 4 is 5.69 Å². The summed E-state index contributed by atoms with van der Waals surface area (Å²) in [4.78, 5) is 0. The van der Waals surface area contributed by atoms with Crippen molar-refractivity contribution in [3.05, 3.63) is 18.2 Å². The van der Waals surface area contributed by atoms with E-state index in [1.54, 1.807) is 0 Å². The van der Waals surface area contributed by atoms with Crippen molar-refractivity contribution in [2.45, 2.75) is 39.2 Å². The highest BCUT2D eigenvalue weighted by atomic mass is 16.5. The first-order chi connectivity index (χ1) is 10.2. The Hall–Kier alpha value is -2.11. The molecule has 1 aliphatic carbocycles. The van der Waals surface area contributed by atoms with Gasteiger partial charge < -0.3 is 10.5 Å². The molecule has 1 heterocycles. The second-order valence-corrected chi connectivity index (χ2v) is 5.66. The first kappa shape index (κ1) is 13.9. The van der Waals surface area contributed by atoms with E-state index in [4.69, 9.17) is 10.5 Å². The molecule has 0 amide bonds. The van der Waals surface area contributed by atoms with Crippen molar-refractivity contribution in [2.24, 2.45) is 5.92 Å². The van der Waals surface area contributed by atoms with E-state index in [2.05, 4.69) is 22.4 Å². The number of anilines is 1. The average Bonchev–Trinajstić information content (AvgIpc) is 3.14. The van der Waals surface area contributed by atoms with E-state index < -0.39 is 0 Å². The van der Waals surface area contributed by atoms with Crippen LogP contribution in [0.4, 0.5) is 5.69 Å². The smallest absolute Gasteiger partial charge is 0.182 e. The summed E-state index contributed by atoms with van der Waals surface area (Å²) in [7, 11) is 0. The summed E-state index contributed by atoms with van der Waals surface area (Å²) in [5, 5.41) is 12.1. The van der Waals surface area contributed by atoms with E-state index in [-0.39, 0.29) is 0 Å². The maximum Gasteiger partial charge on any atom is 0.182 e. The number of rotatable bonds is 6. The van der Waals surface area contributed by atoms with Crippen molar-refractivity contribution in [2.75, 3.05) is 12.3 Å². The van der Waals surface area contributed by atoms with Crippen molar-refractivity contribution in [3.63, 3.8) is 0 Å². The van der Waals surface area contributed by atoms with E-state index in [0.29, 0.717) is 24.1 Å². The molecule has 1 aromatic heterocycles. The second-order valence-electron chi connectivity index (χ2n) is 5.66. The predicted octanol–water partition coefficient (Wildman–Crippen LogP) is 2.68. The van der Waals surface area contributed by atoms with Gasteiger partial charge in [0.25, 0.3) is 0 Å². The molecule has 1 aromatic carbocycles. The largest absolute Gasteiger partial charge is 0.492 e. The highest BCUT2D eigenvalue weighted by Gasteiger charge is 2.26. The summed E-state index contributed by atoms with van der Waals surface area (Å²) in [6.07, 6.45) is 3.79. The van der Waals surface area contributed by atoms with Gasteiger partial charge in [-0.1, -0.05) is 12.8 Å². The first-order valence-electron chi connectivity index (χ1n) is 7.49. The molecule has 112 valence electrons. The van der Waals surface area contributed by atoms with Gasteiger partial charge in [-0.2, -0.15) is 0 Å². The summed E-state index contributed by atoms with van der Waals surface area (Å²) in [6.45, 7) is 4.70. The molecule has 6 nitrogen and oxygen atoms in total. The van der Waals surface area contributed by atoms with Crippen LogP contribution in [0.25, 0.3) is 11.4 Å². The minimum atomic E-state index is 0.301. The van der Waals surface area contributed by atoms with Gasteiger partial charge in [0.2, 0.25) is 0 Å². The van der Waals surface area contributed by atoms with Gasteiger partial charge in [-0.05, 0) is 54.8 Å². The summed E-state index contributed by atoms with van der Waals surface area (Å²) in [5.74, 6) is 2.30. The van der Waals surface area contributed by atoms with Gasteiger partial charge in [0.15, 0.2) is 5.82 Å². The number of nitrogen functional groups attached to an aromatic ring is 1. The van der Waals surface area contributed by atoms with Crippen LogP contribution < -0.4 is 10.5 Å².